The zero-order valence-corrected chi connectivity index (χ0v) is 11.0. The number of benzene rings is 1. The third-order valence-electron chi connectivity index (χ3n) is 2.30. The molecule has 1 aromatic rings. The van der Waals surface area contributed by atoms with E-state index in [1.807, 2.05) is 37.3 Å². The molecule has 1 rings (SSSR count). The summed E-state index contributed by atoms with van der Waals surface area (Å²) >= 11 is 0. The largest absolute Gasteiger partial charge is 0.317 e. The van der Waals surface area contributed by atoms with E-state index in [0.717, 1.165) is 25.1 Å². The van der Waals surface area contributed by atoms with Crippen LogP contribution in [0.2, 0.25) is 0 Å². The molecule has 1 aromatic carbocycles. The summed E-state index contributed by atoms with van der Waals surface area (Å²) in [6, 6.07) is 9.20. The van der Waals surface area contributed by atoms with Gasteiger partial charge in [-0.15, -0.1) is 0 Å². The zero-order valence-electron chi connectivity index (χ0n) is 10.1. The van der Waals surface area contributed by atoms with Crippen LogP contribution in [0.5, 0.6) is 0 Å². The highest BCUT2D eigenvalue weighted by Gasteiger charge is 2.09. The Balaban J connectivity index is 2.32. The highest BCUT2D eigenvalue weighted by molar-refractivity contribution is 7.88. The Hall–Kier alpha value is -0.910. The molecule has 0 atom stereocenters. The van der Waals surface area contributed by atoms with Gasteiger partial charge in [0.05, 0.1) is 5.75 Å². The van der Waals surface area contributed by atoms with E-state index in [-0.39, 0.29) is 5.75 Å². The fourth-order valence-corrected chi connectivity index (χ4v) is 2.65. The summed E-state index contributed by atoms with van der Waals surface area (Å²) < 4.78 is 26.0. The zero-order chi connectivity index (χ0) is 12.6. The second kappa shape index (κ2) is 7.42. The van der Waals surface area contributed by atoms with Gasteiger partial charge in [-0.3, -0.25) is 0 Å². The second-order valence-electron chi connectivity index (χ2n) is 3.85. The molecule has 4 nitrogen and oxygen atoms in total. The molecule has 0 unspecified atom stereocenters. The van der Waals surface area contributed by atoms with Crippen molar-refractivity contribution in [3.63, 3.8) is 0 Å². The normalized spacial score (nSPS) is 11.6. The first-order valence-electron chi connectivity index (χ1n) is 5.86. The van der Waals surface area contributed by atoms with Crippen molar-refractivity contribution in [2.75, 3.05) is 19.6 Å². The molecule has 0 fully saturated rings. The van der Waals surface area contributed by atoms with Crippen molar-refractivity contribution < 1.29 is 8.42 Å². The standard InChI is InChI=1S/C12H20N2O2S/c1-2-13-9-6-10-14-17(15,16)11-12-7-4-3-5-8-12/h3-5,7-8,13-14H,2,6,9-11H2,1H3. The van der Waals surface area contributed by atoms with Crippen molar-refractivity contribution in [2.24, 2.45) is 0 Å². The monoisotopic (exact) mass is 256 g/mol. The SMILES string of the molecule is CCNCCCNS(=O)(=O)Cc1ccccc1. The number of nitrogens with one attached hydrogen (secondary N) is 2. The van der Waals surface area contributed by atoms with Gasteiger partial charge in [0, 0.05) is 6.54 Å². The number of hydrogen-bond donors (Lipinski definition) is 2. The molecule has 0 amide bonds. The third kappa shape index (κ3) is 6.41. The van der Waals surface area contributed by atoms with Crippen molar-refractivity contribution in [3.05, 3.63) is 35.9 Å². The van der Waals surface area contributed by atoms with Crippen LogP contribution in [0.25, 0.3) is 0 Å². The van der Waals surface area contributed by atoms with Gasteiger partial charge in [-0.1, -0.05) is 37.3 Å². The van der Waals surface area contributed by atoms with E-state index < -0.39 is 10.0 Å². The van der Waals surface area contributed by atoms with Crippen molar-refractivity contribution in [3.8, 4) is 0 Å². The van der Waals surface area contributed by atoms with Gasteiger partial charge in [-0.25, -0.2) is 13.1 Å². The van der Waals surface area contributed by atoms with Crippen LogP contribution < -0.4 is 10.0 Å². The summed E-state index contributed by atoms with van der Waals surface area (Å²) in [5.41, 5.74) is 0.812. The van der Waals surface area contributed by atoms with E-state index in [2.05, 4.69) is 10.0 Å². The molecule has 0 radical (unpaired) electrons. The quantitative estimate of drug-likeness (QED) is 0.685. The first-order chi connectivity index (χ1) is 8.14. The van der Waals surface area contributed by atoms with Gasteiger partial charge in [0.25, 0.3) is 0 Å². The molecule has 0 spiro atoms. The van der Waals surface area contributed by atoms with Gasteiger partial charge in [0.15, 0.2) is 0 Å². The molecule has 2 N–H and O–H groups in total. The van der Waals surface area contributed by atoms with Crippen LogP contribution in [0, 0.1) is 0 Å². The van der Waals surface area contributed by atoms with Crippen molar-refractivity contribution >= 4 is 10.0 Å². The van der Waals surface area contributed by atoms with Gasteiger partial charge in [0.1, 0.15) is 0 Å². The topological polar surface area (TPSA) is 58.2 Å². The Morgan fingerprint density at radius 1 is 1.12 bits per heavy atom. The Morgan fingerprint density at radius 2 is 1.82 bits per heavy atom. The maximum absolute atomic E-state index is 11.7. The molecule has 0 heterocycles. The van der Waals surface area contributed by atoms with E-state index in [4.69, 9.17) is 0 Å². The second-order valence-corrected chi connectivity index (χ2v) is 5.65. The molecule has 0 aliphatic heterocycles. The minimum absolute atomic E-state index is 0.0506. The van der Waals surface area contributed by atoms with Gasteiger partial charge >= 0.3 is 0 Å². The van der Waals surface area contributed by atoms with E-state index in [1.165, 1.54) is 0 Å². The average Bonchev–Trinajstić information content (AvgIpc) is 2.29. The molecule has 0 saturated carbocycles. The molecule has 0 aliphatic carbocycles. The van der Waals surface area contributed by atoms with Crippen molar-refractivity contribution in [1.82, 2.24) is 10.0 Å². The summed E-state index contributed by atoms with van der Waals surface area (Å²) in [5.74, 6) is 0.0506. The lowest BCUT2D eigenvalue weighted by atomic mass is 10.2. The lowest BCUT2D eigenvalue weighted by Gasteiger charge is -2.06. The van der Waals surface area contributed by atoms with Gasteiger partial charge in [-0.2, -0.15) is 0 Å². The van der Waals surface area contributed by atoms with Gasteiger partial charge in [-0.05, 0) is 25.1 Å². The number of sulfonamides is 1. The van der Waals surface area contributed by atoms with Crippen LogP contribution in [-0.4, -0.2) is 28.1 Å². The van der Waals surface area contributed by atoms with Crippen molar-refractivity contribution in [1.29, 1.82) is 0 Å². The Morgan fingerprint density at radius 3 is 2.47 bits per heavy atom. The minimum atomic E-state index is -3.20. The summed E-state index contributed by atoms with van der Waals surface area (Å²) in [4.78, 5) is 0. The highest BCUT2D eigenvalue weighted by atomic mass is 32.2. The molecular weight excluding hydrogens is 236 g/mol. The molecule has 96 valence electrons. The fourth-order valence-electron chi connectivity index (χ4n) is 1.46. The van der Waals surface area contributed by atoms with E-state index in [1.54, 1.807) is 0 Å². The smallest absolute Gasteiger partial charge is 0.215 e. The average molecular weight is 256 g/mol. The molecule has 0 saturated heterocycles. The molecule has 0 bridgehead atoms. The Labute approximate surface area is 103 Å². The van der Waals surface area contributed by atoms with Crippen LogP contribution in [-0.2, 0) is 15.8 Å². The van der Waals surface area contributed by atoms with E-state index in [0.29, 0.717) is 6.54 Å². The lowest BCUT2D eigenvalue weighted by molar-refractivity contribution is 0.574. The van der Waals surface area contributed by atoms with Crippen LogP contribution in [0.4, 0.5) is 0 Å². The maximum atomic E-state index is 11.7. The molecule has 5 heteroatoms. The molecule has 0 aromatic heterocycles. The predicted molar refractivity (Wildman–Crippen MR) is 70.2 cm³/mol. The van der Waals surface area contributed by atoms with E-state index >= 15 is 0 Å². The lowest BCUT2D eigenvalue weighted by Crippen LogP contribution is -2.28. The van der Waals surface area contributed by atoms with Crippen LogP contribution in [0.3, 0.4) is 0 Å². The van der Waals surface area contributed by atoms with E-state index in [9.17, 15) is 8.42 Å². The highest BCUT2D eigenvalue weighted by Crippen LogP contribution is 2.03. The molecule has 0 aliphatic rings. The maximum Gasteiger partial charge on any atom is 0.215 e. The summed E-state index contributed by atoms with van der Waals surface area (Å²) in [6.07, 6.45) is 0.807. The first kappa shape index (κ1) is 14.2. The molecular formula is C12H20N2O2S. The van der Waals surface area contributed by atoms with Crippen LogP contribution in [0.15, 0.2) is 30.3 Å². The van der Waals surface area contributed by atoms with Gasteiger partial charge in [0.2, 0.25) is 10.0 Å². The number of hydrogen-bond acceptors (Lipinski definition) is 3. The Bertz CT molecular complexity index is 404. The minimum Gasteiger partial charge on any atom is -0.317 e. The Kier molecular flexibility index (Phi) is 6.18. The van der Waals surface area contributed by atoms with Crippen LogP contribution >= 0.6 is 0 Å². The predicted octanol–water partition coefficient (Wildman–Crippen LogP) is 1.11. The van der Waals surface area contributed by atoms with Gasteiger partial charge < -0.3 is 5.32 Å². The summed E-state index contributed by atoms with van der Waals surface area (Å²) in [6.45, 7) is 4.27. The molecule has 17 heavy (non-hydrogen) atoms. The number of rotatable bonds is 8. The summed E-state index contributed by atoms with van der Waals surface area (Å²) in [7, 11) is -3.20. The third-order valence-corrected chi connectivity index (χ3v) is 3.66. The fraction of sp³-hybridized carbons (Fsp3) is 0.500. The van der Waals surface area contributed by atoms with Crippen LogP contribution in [0.1, 0.15) is 18.9 Å². The summed E-state index contributed by atoms with van der Waals surface area (Å²) in [5, 5.41) is 3.15. The van der Waals surface area contributed by atoms with Crippen molar-refractivity contribution in [2.45, 2.75) is 19.1 Å². The first-order valence-corrected chi connectivity index (χ1v) is 7.51.